The van der Waals surface area contributed by atoms with Crippen molar-refractivity contribution in [2.24, 2.45) is 0 Å². The lowest BCUT2D eigenvalue weighted by molar-refractivity contribution is -0.129. The summed E-state index contributed by atoms with van der Waals surface area (Å²) >= 11 is 0. The highest BCUT2D eigenvalue weighted by Gasteiger charge is 2.35. The van der Waals surface area contributed by atoms with Crippen molar-refractivity contribution in [3.63, 3.8) is 0 Å². The fourth-order valence-electron chi connectivity index (χ4n) is 7.54. The van der Waals surface area contributed by atoms with Gasteiger partial charge in [-0.2, -0.15) is 0 Å². The maximum Gasteiger partial charge on any atom is 0.336 e. The first-order chi connectivity index (χ1) is 24.6. The molecular weight excluding hydrogens is 644 g/mol. The number of ether oxygens (including phenoxy) is 6. The third-order valence-corrected chi connectivity index (χ3v) is 10.3. The molecule has 2 atom stereocenters. The van der Waals surface area contributed by atoms with Crippen LogP contribution in [0.25, 0.3) is 0 Å². The molecule has 4 aromatic rings. The van der Waals surface area contributed by atoms with Gasteiger partial charge in [-0.1, -0.05) is 23.8 Å². The lowest BCUT2D eigenvalue weighted by atomic mass is 9.87. The first-order valence-electron chi connectivity index (χ1n) is 17.5. The molecule has 0 N–H and O–H groups in total. The summed E-state index contributed by atoms with van der Waals surface area (Å²) in [6.07, 6.45) is 4.54. The number of allylic oxidation sites excluding steroid dienone is 1. The van der Waals surface area contributed by atoms with Crippen LogP contribution in [0.3, 0.4) is 0 Å². The van der Waals surface area contributed by atoms with Gasteiger partial charge in [0, 0.05) is 36.8 Å². The molecule has 266 valence electrons. The Morgan fingerprint density at radius 3 is 2.06 bits per heavy atom. The zero-order valence-electron chi connectivity index (χ0n) is 30.5. The number of benzene rings is 4. The predicted octanol–water partition coefficient (Wildman–Crippen LogP) is 8.03. The second-order valence-corrected chi connectivity index (χ2v) is 13.9. The second-order valence-electron chi connectivity index (χ2n) is 13.9. The van der Waals surface area contributed by atoms with Crippen LogP contribution in [0, 0.1) is 0 Å². The van der Waals surface area contributed by atoms with Crippen molar-refractivity contribution in [3.05, 3.63) is 106 Å². The standard InChI is InChI=1S/C42H46N2O7/c1-25(2)18-39(45)51-41-38(48-7)23-29-15-17-44(4)33-20-27-10-13-34(46-5)36(21-27)49-30-11-8-26(9-12-30)19-32-31-24-37(50-42(41)40(29)33)35(47-6)22-28(31)14-16-43(32)3/h8-13,18,21-24,32-33H,14-17,19-20H2,1-7H3/t32-,33-/m0/s1. The van der Waals surface area contributed by atoms with Gasteiger partial charge in [-0.15, -0.1) is 0 Å². The van der Waals surface area contributed by atoms with Gasteiger partial charge in [0.05, 0.1) is 21.3 Å². The molecule has 4 aliphatic rings. The molecule has 0 aliphatic carbocycles. The minimum absolute atomic E-state index is 0.0949. The van der Waals surface area contributed by atoms with Crippen LogP contribution < -0.4 is 28.4 Å². The van der Waals surface area contributed by atoms with Crippen LogP contribution in [0.4, 0.5) is 0 Å². The summed E-state index contributed by atoms with van der Waals surface area (Å²) in [5.74, 6) is 3.81. The largest absolute Gasteiger partial charge is 0.493 e. The van der Waals surface area contributed by atoms with Crippen LogP contribution in [-0.4, -0.2) is 64.3 Å². The van der Waals surface area contributed by atoms with Gasteiger partial charge in [0.1, 0.15) is 5.75 Å². The molecule has 9 nitrogen and oxygen atoms in total. The average Bonchev–Trinajstić information content (AvgIpc) is 3.11. The number of methoxy groups -OCH3 is 3. The number of nitrogens with zero attached hydrogens (tertiary/aromatic N) is 2. The summed E-state index contributed by atoms with van der Waals surface area (Å²) in [4.78, 5) is 18.0. The smallest absolute Gasteiger partial charge is 0.336 e. The quantitative estimate of drug-likeness (QED) is 0.118. The van der Waals surface area contributed by atoms with E-state index in [1.54, 1.807) is 21.3 Å². The molecule has 0 saturated heterocycles. The molecule has 4 aromatic carbocycles. The predicted molar refractivity (Wildman–Crippen MR) is 196 cm³/mol. The van der Waals surface area contributed by atoms with E-state index in [1.807, 2.05) is 44.2 Å². The number of hydrogen-bond donors (Lipinski definition) is 0. The van der Waals surface area contributed by atoms with Gasteiger partial charge in [-0.05, 0) is 124 Å². The van der Waals surface area contributed by atoms with E-state index in [2.05, 4.69) is 54.2 Å². The van der Waals surface area contributed by atoms with Crippen LogP contribution in [0.2, 0.25) is 0 Å². The van der Waals surface area contributed by atoms with Crippen LogP contribution in [0.5, 0.6) is 46.0 Å². The Kier molecular flexibility index (Phi) is 9.68. The van der Waals surface area contributed by atoms with E-state index < -0.39 is 5.97 Å². The summed E-state index contributed by atoms with van der Waals surface area (Å²) in [5, 5.41) is 0. The van der Waals surface area contributed by atoms with E-state index in [-0.39, 0.29) is 17.8 Å². The van der Waals surface area contributed by atoms with Crippen molar-refractivity contribution >= 4 is 5.97 Å². The number of rotatable bonds is 5. The van der Waals surface area contributed by atoms with Crippen LogP contribution in [0.15, 0.2) is 72.3 Å². The number of hydrogen-bond acceptors (Lipinski definition) is 9. The minimum atomic E-state index is -0.505. The first kappa shape index (κ1) is 34.5. The monoisotopic (exact) mass is 690 g/mol. The van der Waals surface area contributed by atoms with Gasteiger partial charge in [0.2, 0.25) is 5.75 Å². The Morgan fingerprint density at radius 2 is 1.35 bits per heavy atom. The van der Waals surface area contributed by atoms with Gasteiger partial charge in [0.15, 0.2) is 34.5 Å². The van der Waals surface area contributed by atoms with E-state index in [0.29, 0.717) is 40.9 Å². The van der Waals surface area contributed by atoms with E-state index in [9.17, 15) is 4.79 Å². The Labute approximate surface area is 300 Å². The first-order valence-corrected chi connectivity index (χ1v) is 17.5. The highest BCUT2D eigenvalue weighted by atomic mass is 16.6. The lowest BCUT2D eigenvalue weighted by Crippen LogP contribution is -2.34. The third-order valence-electron chi connectivity index (χ3n) is 10.3. The number of carbonyl (C=O) groups is 1. The fourth-order valence-corrected chi connectivity index (χ4v) is 7.54. The van der Waals surface area contributed by atoms with Crippen molar-refractivity contribution < 1.29 is 33.2 Å². The SMILES string of the molecule is COc1ccc2cc1Oc1ccc(cc1)C[C@H]1c3cc(c(OC)cc3CCN1C)Oc1c(OC(=O)C=C(C)C)c(OC)cc3c1[C@H](C2)N(C)CC3. The Bertz CT molecular complexity index is 1980. The molecule has 0 saturated carbocycles. The van der Waals surface area contributed by atoms with E-state index in [0.717, 1.165) is 60.4 Å². The Morgan fingerprint density at radius 1 is 0.725 bits per heavy atom. The zero-order chi connectivity index (χ0) is 35.8. The van der Waals surface area contributed by atoms with Gasteiger partial charge in [0.25, 0.3) is 0 Å². The van der Waals surface area contributed by atoms with Crippen molar-refractivity contribution in [2.45, 2.75) is 51.6 Å². The van der Waals surface area contributed by atoms with Crippen molar-refractivity contribution in [3.8, 4) is 46.0 Å². The maximum absolute atomic E-state index is 13.3. The van der Waals surface area contributed by atoms with E-state index in [1.165, 1.54) is 22.8 Å². The van der Waals surface area contributed by atoms with Gasteiger partial charge >= 0.3 is 5.97 Å². The zero-order valence-corrected chi connectivity index (χ0v) is 30.5. The third kappa shape index (κ3) is 6.88. The molecule has 4 heterocycles. The topological polar surface area (TPSA) is 78.9 Å². The van der Waals surface area contributed by atoms with E-state index >= 15 is 0 Å². The summed E-state index contributed by atoms with van der Waals surface area (Å²) in [7, 11) is 9.19. The Hall–Kier alpha value is -4.99. The molecule has 51 heavy (non-hydrogen) atoms. The molecule has 0 amide bonds. The number of fused-ring (bicyclic) bond motifs is 2. The highest BCUT2D eigenvalue weighted by Crippen LogP contribution is 2.52. The van der Waals surface area contributed by atoms with Crippen molar-refractivity contribution in [1.82, 2.24) is 9.80 Å². The van der Waals surface area contributed by atoms with Gasteiger partial charge < -0.3 is 28.4 Å². The van der Waals surface area contributed by atoms with Gasteiger partial charge in [-0.25, -0.2) is 4.79 Å². The molecule has 4 aliphatic heterocycles. The molecule has 9 heteroatoms. The molecule has 0 spiro atoms. The average molecular weight is 691 g/mol. The molecule has 6 bridgehead atoms. The lowest BCUT2D eigenvalue weighted by Gasteiger charge is -2.37. The van der Waals surface area contributed by atoms with Crippen LogP contribution >= 0.6 is 0 Å². The second kappa shape index (κ2) is 14.3. The van der Waals surface area contributed by atoms with Crippen LogP contribution in [-0.2, 0) is 30.5 Å². The van der Waals surface area contributed by atoms with Crippen molar-refractivity contribution in [2.75, 3.05) is 48.5 Å². The number of likely N-dealkylation sites (N-methyl/N-ethyl adjacent to an activating group) is 2. The van der Waals surface area contributed by atoms with Crippen LogP contribution in [0.1, 0.15) is 59.3 Å². The summed E-state index contributed by atoms with van der Waals surface area (Å²) in [6.45, 7) is 5.46. The molecule has 0 aromatic heterocycles. The number of esters is 1. The summed E-state index contributed by atoms with van der Waals surface area (Å²) < 4.78 is 37.3. The molecule has 8 rings (SSSR count). The highest BCUT2D eigenvalue weighted by molar-refractivity contribution is 5.86. The van der Waals surface area contributed by atoms with Gasteiger partial charge in [-0.3, -0.25) is 9.80 Å². The fraction of sp³-hybridized carbons (Fsp3) is 0.357. The molecular formula is C42H46N2O7. The Balaban J connectivity index is 1.48. The molecule has 0 unspecified atom stereocenters. The summed E-state index contributed by atoms with van der Waals surface area (Å²) in [5.41, 5.74) is 7.47. The van der Waals surface area contributed by atoms with E-state index in [4.69, 9.17) is 28.4 Å². The summed E-state index contributed by atoms with van der Waals surface area (Å²) in [6, 6.07) is 20.5. The van der Waals surface area contributed by atoms with Crippen molar-refractivity contribution in [1.29, 1.82) is 0 Å². The normalized spacial score (nSPS) is 18.3. The number of carbonyl (C=O) groups excluding carboxylic acids is 1. The minimum Gasteiger partial charge on any atom is -0.493 e. The maximum atomic E-state index is 13.3. The molecule has 0 radical (unpaired) electrons. The molecule has 0 fully saturated rings.